The molecule has 91 heavy (non-hydrogen) atoms. The number of likely N-dealkylation sites (tertiary alicyclic amines) is 2. The normalized spacial score (nSPS) is 12.6. The Morgan fingerprint density at radius 2 is 0.956 bits per heavy atom. The maximum atomic E-state index is 12.3. The summed E-state index contributed by atoms with van der Waals surface area (Å²) in [5, 5.41) is 16.4. The Kier molecular flexibility index (Phi) is 25.3. The van der Waals surface area contributed by atoms with Crippen molar-refractivity contribution in [2.45, 2.75) is 25.7 Å². The van der Waals surface area contributed by atoms with Crippen LogP contribution in [0.15, 0.2) is 135 Å². The summed E-state index contributed by atoms with van der Waals surface area (Å²) in [5.74, 6) is 4.54. The Balaban J connectivity index is 0.000000219. The van der Waals surface area contributed by atoms with Crippen LogP contribution in [0.3, 0.4) is 0 Å². The standard InChI is InChI=1S/C32H33Cl2N7O4.C29H31Cl2N7O3.C3H3ClO/c1-4-28(42)39-24-16-20(45-15-14-41-12-5-6-13-41)9-10-22(24)38-27-17-23(36-19-37-27)21-8-7-11-35-32(21)40-31-29(33)25(43-2)18-26(44-3)30(31)34;1-39-23-16-24(40-2)27(31)28(26(23)30)37-29-19(6-5-9-33-29)22-15-25(35-17-34-22)36-21-8-7-18(14-20(21)32)41-13-12-38-10-3-4-11-38;1-2-3(4)5/h4,7-11,16-19H,1,5-6,12-15H2,2-3H3,(H,35,40)(H,39,42)(H,36,37,38);5-9,14-17H,3-4,10-13,32H2,1-2H3,(H,33,37)(H,34,35,36);2H,1H2. The molecule has 2 fully saturated rings. The summed E-state index contributed by atoms with van der Waals surface area (Å²) in [7, 11) is 6.04. The number of aromatic nitrogens is 6. The van der Waals surface area contributed by atoms with E-state index >= 15 is 0 Å². The van der Waals surface area contributed by atoms with Crippen LogP contribution in [0.2, 0.25) is 20.1 Å². The Labute approximate surface area is 552 Å². The van der Waals surface area contributed by atoms with Gasteiger partial charge < -0.3 is 60.7 Å². The van der Waals surface area contributed by atoms with Crippen LogP contribution in [0, 0.1) is 0 Å². The number of amides is 1. The number of carbonyl (C=O) groups is 2. The van der Waals surface area contributed by atoms with Gasteiger partial charge >= 0.3 is 0 Å². The number of hydrogen-bond donors (Lipinski definition) is 6. The van der Waals surface area contributed by atoms with Crippen LogP contribution < -0.4 is 60.7 Å². The molecule has 0 aliphatic carbocycles. The van der Waals surface area contributed by atoms with Gasteiger partial charge in [-0.05, 0) is 124 Å². The number of nitrogens with zero attached hydrogens (tertiary/aromatic N) is 8. The molecular weight excluding hydrogens is 1270 g/mol. The van der Waals surface area contributed by atoms with Gasteiger partial charge in [-0.3, -0.25) is 19.4 Å². The largest absolute Gasteiger partial charge is 0.495 e. The fourth-order valence-electron chi connectivity index (χ4n) is 9.42. The summed E-state index contributed by atoms with van der Waals surface area (Å²) >= 11 is 31.1. The highest BCUT2D eigenvalue weighted by atomic mass is 35.5. The van der Waals surface area contributed by atoms with Crippen molar-refractivity contribution in [3.05, 3.63) is 155 Å². The zero-order valence-electron chi connectivity index (χ0n) is 50.3. The summed E-state index contributed by atoms with van der Waals surface area (Å²) in [6, 6.07) is 25.1. The first-order valence-electron chi connectivity index (χ1n) is 28.5. The van der Waals surface area contributed by atoms with E-state index in [1.165, 1.54) is 72.9 Å². The molecule has 4 aromatic carbocycles. The average molecular weight is 1340 g/mol. The highest BCUT2D eigenvalue weighted by Crippen LogP contribution is 2.48. The molecule has 2 aliphatic rings. The number of allylic oxidation sites excluding steroid dienone is 1. The highest BCUT2D eigenvalue weighted by Gasteiger charge is 2.23. The monoisotopic (exact) mass is 1330 g/mol. The van der Waals surface area contributed by atoms with Crippen molar-refractivity contribution >= 4 is 127 Å². The second-order valence-corrected chi connectivity index (χ2v) is 21.8. The van der Waals surface area contributed by atoms with Gasteiger partial charge in [0.05, 0.1) is 74.0 Å². The number of pyridine rings is 2. The molecule has 0 unspecified atom stereocenters. The first-order valence-corrected chi connectivity index (χ1v) is 30.3. The summed E-state index contributed by atoms with van der Waals surface area (Å²) in [4.78, 5) is 53.2. The van der Waals surface area contributed by atoms with Crippen molar-refractivity contribution in [1.29, 1.82) is 0 Å². The van der Waals surface area contributed by atoms with Crippen molar-refractivity contribution in [2.75, 3.05) is 113 Å². The lowest BCUT2D eigenvalue weighted by molar-refractivity contribution is -0.112. The number of nitrogens with two attached hydrogens (primary N) is 1. The van der Waals surface area contributed by atoms with Gasteiger partial charge in [-0.15, -0.1) is 0 Å². The predicted molar refractivity (Wildman–Crippen MR) is 362 cm³/mol. The molecule has 0 atom stereocenters. The Morgan fingerprint density at radius 1 is 0.538 bits per heavy atom. The third-order valence-corrected chi connectivity index (χ3v) is 15.7. The van der Waals surface area contributed by atoms with E-state index in [2.05, 4.69) is 79.4 Å². The minimum atomic E-state index is -0.509. The lowest BCUT2D eigenvalue weighted by Crippen LogP contribution is -2.25. The minimum Gasteiger partial charge on any atom is -0.495 e. The summed E-state index contributed by atoms with van der Waals surface area (Å²) in [5.41, 5.74) is 12.0. The first-order chi connectivity index (χ1) is 44.1. The molecule has 8 aromatic rings. The zero-order chi connectivity index (χ0) is 64.8. The topological polar surface area (TPSA) is 260 Å². The van der Waals surface area contributed by atoms with Gasteiger partial charge in [-0.2, -0.15) is 0 Å². The van der Waals surface area contributed by atoms with E-state index in [4.69, 9.17) is 92.2 Å². The van der Waals surface area contributed by atoms with E-state index in [1.807, 2.05) is 48.5 Å². The van der Waals surface area contributed by atoms with Crippen molar-refractivity contribution in [3.8, 4) is 57.0 Å². The summed E-state index contributed by atoms with van der Waals surface area (Å²) in [6.45, 7) is 14.1. The number of nitrogens with one attached hydrogen (secondary N) is 5. The van der Waals surface area contributed by atoms with E-state index in [0.29, 0.717) is 132 Å². The van der Waals surface area contributed by atoms with Crippen LogP contribution in [0.1, 0.15) is 25.7 Å². The van der Waals surface area contributed by atoms with E-state index in [9.17, 15) is 9.59 Å². The third kappa shape index (κ3) is 18.6. The number of halogens is 5. The molecule has 2 aliphatic heterocycles. The average Bonchev–Trinajstić information content (AvgIpc) is 2.02. The van der Waals surface area contributed by atoms with E-state index in [0.717, 1.165) is 51.1 Å². The van der Waals surface area contributed by atoms with Crippen molar-refractivity contribution in [2.24, 2.45) is 0 Å². The number of anilines is 10. The first kappa shape index (κ1) is 68.0. The predicted octanol–water partition coefficient (Wildman–Crippen LogP) is 14.3. The quantitative estimate of drug-likeness (QED) is 0.0176. The summed E-state index contributed by atoms with van der Waals surface area (Å²) < 4.78 is 33.5. The maximum Gasteiger partial charge on any atom is 0.247 e. The second-order valence-electron chi connectivity index (χ2n) is 19.9. The molecule has 1 amide bonds. The number of nitrogen functional groups attached to an aromatic ring is 1. The SMILES string of the molecule is C=CC(=O)Cl.C=CC(=O)Nc1cc(OCCN2CCCC2)ccc1Nc1cc(-c2cccnc2Nc2c(Cl)c(OC)cc(OC)c2Cl)ncn1.COc1cc(OC)c(Cl)c(Nc2ncccc2-c2cc(Nc3ccc(OCCN4CCCC4)cc3N)ncn2)c1Cl. The van der Waals surface area contributed by atoms with Gasteiger partial charge in [0.2, 0.25) is 11.1 Å². The second kappa shape index (κ2) is 33.8. The Hall–Kier alpha value is -8.87. The molecule has 0 saturated carbocycles. The van der Waals surface area contributed by atoms with Gasteiger partial charge in [0.1, 0.15) is 104 Å². The smallest absolute Gasteiger partial charge is 0.247 e. The van der Waals surface area contributed by atoms with Crippen LogP contribution in [-0.4, -0.2) is 132 Å². The number of benzene rings is 4. The molecule has 2 saturated heterocycles. The van der Waals surface area contributed by atoms with E-state index in [1.54, 1.807) is 48.8 Å². The zero-order valence-corrected chi connectivity index (χ0v) is 54.0. The number of hydrogen-bond acceptors (Lipinski definition) is 21. The lowest BCUT2D eigenvalue weighted by Gasteiger charge is -2.18. The van der Waals surface area contributed by atoms with Crippen LogP contribution in [0.5, 0.6) is 34.5 Å². The van der Waals surface area contributed by atoms with Gasteiger partial charge in [-0.25, -0.2) is 29.9 Å². The number of rotatable bonds is 25. The Bertz CT molecular complexity index is 3780. The molecule has 4 aromatic heterocycles. The van der Waals surface area contributed by atoms with Gasteiger partial charge in [0.25, 0.3) is 0 Å². The number of carbonyl (C=O) groups excluding carboxylic acids is 2. The molecule has 0 bridgehead atoms. The van der Waals surface area contributed by atoms with Crippen molar-refractivity contribution in [1.82, 2.24) is 39.7 Å². The molecule has 22 nitrogen and oxygen atoms in total. The highest BCUT2D eigenvalue weighted by molar-refractivity contribution is 6.66. The fraction of sp³-hybridized carbons (Fsp3) is 0.250. The van der Waals surface area contributed by atoms with Crippen LogP contribution in [-0.2, 0) is 9.59 Å². The fourth-order valence-corrected chi connectivity index (χ4v) is 10.6. The molecular formula is C64H67Cl5N14O8. The third-order valence-electron chi connectivity index (χ3n) is 14.0. The molecule has 0 radical (unpaired) electrons. The van der Waals surface area contributed by atoms with E-state index < -0.39 is 5.24 Å². The van der Waals surface area contributed by atoms with Gasteiger partial charge in [-0.1, -0.05) is 59.6 Å². The van der Waals surface area contributed by atoms with Crippen molar-refractivity contribution in [3.63, 3.8) is 0 Å². The van der Waals surface area contributed by atoms with Gasteiger partial charge in [0, 0.05) is 73.0 Å². The van der Waals surface area contributed by atoms with E-state index in [-0.39, 0.29) is 16.0 Å². The molecule has 10 rings (SSSR count). The lowest BCUT2D eigenvalue weighted by atomic mass is 10.1. The molecule has 6 heterocycles. The van der Waals surface area contributed by atoms with Crippen molar-refractivity contribution < 1.29 is 38.0 Å². The number of methoxy groups -OCH3 is 4. The summed E-state index contributed by atoms with van der Waals surface area (Å²) in [6.07, 6.45) is 13.4. The van der Waals surface area contributed by atoms with Crippen LogP contribution in [0.4, 0.5) is 57.4 Å². The minimum absolute atomic E-state index is 0.266. The number of ether oxygens (including phenoxy) is 6. The van der Waals surface area contributed by atoms with Crippen LogP contribution in [0.25, 0.3) is 22.5 Å². The molecule has 7 N–H and O–H groups in total. The van der Waals surface area contributed by atoms with Crippen LogP contribution >= 0.6 is 58.0 Å². The van der Waals surface area contributed by atoms with Gasteiger partial charge in [0.15, 0.2) is 0 Å². The molecule has 27 heteroatoms. The maximum absolute atomic E-state index is 12.3. The Morgan fingerprint density at radius 3 is 1.36 bits per heavy atom. The molecule has 476 valence electrons. The molecule has 0 spiro atoms.